The van der Waals surface area contributed by atoms with Gasteiger partial charge in [0, 0.05) is 22.3 Å². The van der Waals surface area contributed by atoms with Crippen molar-refractivity contribution in [3.8, 4) is 5.75 Å². The van der Waals surface area contributed by atoms with E-state index in [4.69, 9.17) is 0 Å². The van der Waals surface area contributed by atoms with E-state index >= 15 is 0 Å². The molecule has 0 aliphatic heterocycles. The molecular formula is C14H14BrNO. The summed E-state index contributed by atoms with van der Waals surface area (Å²) < 4.78 is 1.08. The number of aryl methyl sites for hydroxylation is 1. The highest BCUT2D eigenvalue weighted by atomic mass is 79.9. The quantitative estimate of drug-likeness (QED) is 0.893. The molecule has 0 spiro atoms. The van der Waals surface area contributed by atoms with Gasteiger partial charge in [0.05, 0.1) is 0 Å². The molecule has 0 radical (unpaired) electrons. The Morgan fingerprint density at radius 1 is 1.18 bits per heavy atom. The fourth-order valence-electron chi connectivity index (χ4n) is 1.56. The van der Waals surface area contributed by atoms with Crippen LogP contribution >= 0.6 is 15.9 Å². The molecule has 0 heterocycles. The number of anilines is 1. The van der Waals surface area contributed by atoms with Gasteiger partial charge in [0.15, 0.2) is 0 Å². The number of aromatic hydroxyl groups is 1. The molecule has 0 aromatic heterocycles. The number of phenolic OH excluding ortho intramolecular Hbond substituents is 1. The number of benzene rings is 2. The van der Waals surface area contributed by atoms with E-state index in [1.54, 1.807) is 6.07 Å². The van der Waals surface area contributed by atoms with Gasteiger partial charge in [-0.15, -0.1) is 0 Å². The Kier molecular flexibility index (Phi) is 3.69. The highest BCUT2D eigenvalue weighted by Gasteiger charge is 2.00. The maximum Gasteiger partial charge on any atom is 0.120 e. The molecule has 0 aliphatic carbocycles. The first-order valence-corrected chi connectivity index (χ1v) is 6.23. The van der Waals surface area contributed by atoms with Gasteiger partial charge in [-0.25, -0.2) is 0 Å². The zero-order valence-electron chi connectivity index (χ0n) is 9.57. The predicted octanol–water partition coefficient (Wildman–Crippen LogP) is 4.08. The molecule has 0 amide bonds. The number of hydrogen-bond donors (Lipinski definition) is 2. The number of para-hydroxylation sites is 1. The van der Waals surface area contributed by atoms with Crippen LogP contribution in [0.5, 0.6) is 5.75 Å². The van der Waals surface area contributed by atoms with Crippen LogP contribution in [0.3, 0.4) is 0 Å². The molecule has 0 saturated carbocycles. The second kappa shape index (κ2) is 5.23. The molecule has 0 unspecified atom stereocenters. The van der Waals surface area contributed by atoms with Crippen LogP contribution in [0.4, 0.5) is 5.69 Å². The van der Waals surface area contributed by atoms with E-state index in [9.17, 15) is 5.11 Å². The van der Waals surface area contributed by atoms with Crippen molar-refractivity contribution in [2.45, 2.75) is 13.5 Å². The maximum atomic E-state index is 9.64. The molecule has 17 heavy (non-hydrogen) atoms. The Labute approximate surface area is 109 Å². The molecule has 2 N–H and O–H groups in total. The number of nitrogens with one attached hydrogen (secondary N) is 1. The van der Waals surface area contributed by atoms with Gasteiger partial charge in [0.1, 0.15) is 5.75 Å². The van der Waals surface area contributed by atoms with Gasteiger partial charge >= 0.3 is 0 Å². The van der Waals surface area contributed by atoms with Crippen LogP contribution in [0.2, 0.25) is 0 Å². The number of hydrogen-bond acceptors (Lipinski definition) is 2. The molecule has 0 fully saturated rings. The van der Waals surface area contributed by atoms with E-state index in [1.165, 1.54) is 5.56 Å². The fraction of sp³-hybridized carbons (Fsp3) is 0.143. The largest absolute Gasteiger partial charge is 0.508 e. The summed E-state index contributed by atoms with van der Waals surface area (Å²) in [6.45, 7) is 2.67. The maximum absolute atomic E-state index is 9.64. The van der Waals surface area contributed by atoms with Crippen molar-refractivity contribution in [1.29, 1.82) is 0 Å². The summed E-state index contributed by atoms with van der Waals surface area (Å²) in [5.74, 6) is 0.325. The molecule has 0 bridgehead atoms. The summed E-state index contributed by atoms with van der Waals surface area (Å²) in [4.78, 5) is 0. The van der Waals surface area contributed by atoms with Crippen LogP contribution in [-0.2, 0) is 6.54 Å². The van der Waals surface area contributed by atoms with Crippen LogP contribution in [0.1, 0.15) is 11.1 Å². The van der Waals surface area contributed by atoms with Gasteiger partial charge in [-0.1, -0.05) is 40.2 Å². The van der Waals surface area contributed by atoms with Crippen molar-refractivity contribution in [3.63, 3.8) is 0 Å². The van der Waals surface area contributed by atoms with Crippen molar-refractivity contribution in [2.24, 2.45) is 0 Å². The third-order valence-corrected chi connectivity index (χ3v) is 3.50. The Hall–Kier alpha value is -1.48. The normalized spacial score (nSPS) is 10.2. The van der Waals surface area contributed by atoms with E-state index in [0.717, 1.165) is 15.7 Å². The van der Waals surface area contributed by atoms with Gasteiger partial charge in [-0.3, -0.25) is 0 Å². The smallest absolute Gasteiger partial charge is 0.120 e. The predicted molar refractivity (Wildman–Crippen MR) is 74.3 cm³/mol. The minimum Gasteiger partial charge on any atom is -0.508 e. The highest BCUT2D eigenvalue weighted by molar-refractivity contribution is 9.10. The first-order chi connectivity index (χ1) is 8.16. The Bertz CT molecular complexity index is 525. The summed E-state index contributed by atoms with van der Waals surface area (Å²) in [7, 11) is 0. The zero-order valence-corrected chi connectivity index (χ0v) is 11.2. The number of halogens is 1. The van der Waals surface area contributed by atoms with Crippen molar-refractivity contribution >= 4 is 21.6 Å². The average Bonchev–Trinajstić information content (AvgIpc) is 2.32. The van der Waals surface area contributed by atoms with Crippen LogP contribution in [0.25, 0.3) is 0 Å². The van der Waals surface area contributed by atoms with Gasteiger partial charge < -0.3 is 10.4 Å². The minimum absolute atomic E-state index is 0.325. The van der Waals surface area contributed by atoms with Gasteiger partial charge in [-0.05, 0) is 30.7 Å². The molecule has 88 valence electrons. The topological polar surface area (TPSA) is 32.3 Å². The van der Waals surface area contributed by atoms with Crippen LogP contribution in [0, 0.1) is 6.92 Å². The first kappa shape index (κ1) is 12.0. The minimum atomic E-state index is 0.325. The molecule has 0 atom stereocenters. The summed E-state index contributed by atoms with van der Waals surface area (Å²) in [5, 5.41) is 12.9. The third kappa shape index (κ3) is 3.01. The summed E-state index contributed by atoms with van der Waals surface area (Å²) >= 11 is 3.50. The second-order valence-electron chi connectivity index (χ2n) is 3.95. The first-order valence-electron chi connectivity index (χ1n) is 5.44. The lowest BCUT2D eigenvalue weighted by Crippen LogP contribution is -1.99. The molecule has 0 saturated heterocycles. The van der Waals surface area contributed by atoms with Crippen LogP contribution < -0.4 is 5.32 Å². The van der Waals surface area contributed by atoms with E-state index in [2.05, 4.69) is 34.2 Å². The average molecular weight is 292 g/mol. The third-order valence-electron chi connectivity index (χ3n) is 2.65. The molecule has 2 nitrogen and oxygen atoms in total. The van der Waals surface area contributed by atoms with Gasteiger partial charge in [-0.2, -0.15) is 0 Å². The lowest BCUT2D eigenvalue weighted by Gasteiger charge is -2.09. The standard InChI is InChI=1S/C14H14BrNO/c1-10-6-7-12(8-13(10)15)16-9-11-4-2-3-5-14(11)17/h2-8,16-17H,9H2,1H3. The van der Waals surface area contributed by atoms with E-state index in [1.807, 2.05) is 30.3 Å². The highest BCUT2D eigenvalue weighted by Crippen LogP contribution is 2.22. The lowest BCUT2D eigenvalue weighted by atomic mass is 10.2. The van der Waals surface area contributed by atoms with Crippen LogP contribution in [-0.4, -0.2) is 5.11 Å². The van der Waals surface area contributed by atoms with Crippen molar-refractivity contribution in [1.82, 2.24) is 0 Å². The Morgan fingerprint density at radius 2 is 1.94 bits per heavy atom. The van der Waals surface area contributed by atoms with Crippen molar-refractivity contribution in [3.05, 3.63) is 58.1 Å². The zero-order chi connectivity index (χ0) is 12.3. The Balaban J connectivity index is 2.08. The number of phenols is 1. The summed E-state index contributed by atoms with van der Waals surface area (Å²) in [6.07, 6.45) is 0. The molecular weight excluding hydrogens is 278 g/mol. The summed E-state index contributed by atoms with van der Waals surface area (Å²) in [5.41, 5.74) is 3.13. The lowest BCUT2D eigenvalue weighted by molar-refractivity contribution is 0.469. The second-order valence-corrected chi connectivity index (χ2v) is 4.80. The van der Waals surface area contributed by atoms with Crippen molar-refractivity contribution in [2.75, 3.05) is 5.32 Å². The monoisotopic (exact) mass is 291 g/mol. The Morgan fingerprint density at radius 3 is 2.65 bits per heavy atom. The molecule has 0 aliphatic rings. The molecule has 2 aromatic rings. The SMILES string of the molecule is Cc1ccc(NCc2ccccc2O)cc1Br. The fourth-order valence-corrected chi connectivity index (χ4v) is 1.94. The van der Waals surface area contributed by atoms with E-state index in [0.29, 0.717) is 12.3 Å². The van der Waals surface area contributed by atoms with E-state index < -0.39 is 0 Å². The summed E-state index contributed by atoms with van der Waals surface area (Å²) in [6, 6.07) is 13.5. The molecule has 2 aromatic carbocycles. The van der Waals surface area contributed by atoms with E-state index in [-0.39, 0.29) is 0 Å². The molecule has 3 heteroatoms. The molecule has 2 rings (SSSR count). The van der Waals surface area contributed by atoms with Gasteiger partial charge in [0.25, 0.3) is 0 Å². The van der Waals surface area contributed by atoms with Crippen molar-refractivity contribution < 1.29 is 5.11 Å². The van der Waals surface area contributed by atoms with Crippen LogP contribution in [0.15, 0.2) is 46.9 Å². The van der Waals surface area contributed by atoms with Gasteiger partial charge in [0.2, 0.25) is 0 Å². The number of rotatable bonds is 3.